The number of rotatable bonds is 7. The highest BCUT2D eigenvalue weighted by Crippen LogP contribution is 2.62. The van der Waals surface area contributed by atoms with E-state index in [1.807, 2.05) is 0 Å². The van der Waals surface area contributed by atoms with E-state index < -0.39 is 0 Å². The van der Waals surface area contributed by atoms with Gasteiger partial charge in [0.1, 0.15) is 0 Å². The van der Waals surface area contributed by atoms with Gasteiger partial charge < -0.3 is 11.1 Å². The van der Waals surface area contributed by atoms with Crippen LogP contribution < -0.4 is 11.1 Å². The van der Waals surface area contributed by atoms with Gasteiger partial charge in [-0.3, -0.25) is 0 Å². The molecule has 1 aliphatic rings. The Hall–Kier alpha value is -0.0800. The van der Waals surface area contributed by atoms with Crippen LogP contribution in [-0.4, -0.2) is 19.1 Å². The molecule has 114 valence electrons. The minimum Gasteiger partial charge on any atom is -0.330 e. The number of hydrogen-bond acceptors (Lipinski definition) is 2. The van der Waals surface area contributed by atoms with Gasteiger partial charge in [0.2, 0.25) is 0 Å². The Morgan fingerprint density at radius 1 is 1.05 bits per heavy atom. The molecule has 0 aromatic heterocycles. The van der Waals surface area contributed by atoms with Gasteiger partial charge >= 0.3 is 0 Å². The van der Waals surface area contributed by atoms with E-state index in [1.165, 1.54) is 12.8 Å². The average Bonchev–Trinajstić information content (AvgIpc) is 2.62. The van der Waals surface area contributed by atoms with Crippen molar-refractivity contribution < 1.29 is 0 Å². The topological polar surface area (TPSA) is 38.0 Å². The molecule has 0 aliphatic heterocycles. The van der Waals surface area contributed by atoms with Crippen molar-refractivity contribution in [2.45, 2.75) is 73.8 Å². The fourth-order valence-corrected chi connectivity index (χ4v) is 3.51. The second kappa shape index (κ2) is 5.73. The normalized spacial score (nSPS) is 23.4. The van der Waals surface area contributed by atoms with E-state index in [4.69, 9.17) is 5.73 Å². The van der Waals surface area contributed by atoms with Crippen molar-refractivity contribution in [2.24, 2.45) is 27.9 Å². The van der Waals surface area contributed by atoms with Crippen LogP contribution in [0.5, 0.6) is 0 Å². The van der Waals surface area contributed by atoms with Crippen LogP contribution in [0.3, 0.4) is 0 Å². The molecule has 2 nitrogen and oxygen atoms in total. The van der Waals surface area contributed by atoms with Crippen molar-refractivity contribution >= 4 is 0 Å². The Balaban J connectivity index is 2.27. The van der Waals surface area contributed by atoms with Crippen LogP contribution >= 0.6 is 0 Å². The van der Waals surface area contributed by atoms with Gasteiger partial charge in [-0.1, -0.05) is 48.5 Å². The average molecular weight is 268 g/mol. The second-order valence-electron chi connectivity index (χ2n) is 8.61. The molecule has 1 rings (SSSR count). The quantitative estimate of drug-likeness (QED) is 0.689. The molecule has 1 aliphatic carbocycles. The van der Waals surface area contributed by atoms with Crippen LogP contribution in [0, 0.1) is 22.2 Å². The summed E-state index contributed by atoms with van der Waals surface area (Å²) < 4.78 is 0. The molecule has 19 heavy (non-hydrogen) atoms. The molecule has 0 bridgehead atoms. The van der Waals surface area contributed by atoms with E-state index >= 15 is 0 Å². The van der Waals surface area contributed by atoms with E-state index in [2.05, 4.69) is 53.8 Å². The third-order valence-electron chi connectivity index (χ3n) is 5.84. The summed E-state index contributed by atoms with van der Waals surface area (Å²) in [6, 6.07) is 0.683. The van der Waals surface area contributed by atoms with Crippen LogP contribution in [0.15, 0.2) is 0 Å². The summed E-state index contributed by atoms with van der Waals surface area (Å²) in [4.78, 5) is 0. The lowest BCUT2D eigenvalue weighted by molar-refractivity contribution is 0.210. The smallest absolute Gasteiger partial charge is 0.0181 e. The van der Waals surface area contributed by atoms with Gasteiger partial charge in [0.15, 0.2) is 0 Å². The standard InChI is InChI=1S/C17H36N2/c1-15(2,3)13(10-11-18)9-8-12-19-14-16(4,5)17(14,6)7/h13-14,19H,8-12,18H2,1-7H3. The molecule has 3 N–H and O–H groups in total. The zero-order valence-electron chi connectivity index (χ0n) is 14.3. The molecule has 0 aromatic rings. The SMILES string of the molecule is CC(C)(C)C(CCN)CCCNC1C(C)(C)C1(C)C. The molecular formula is C17H36N2. The maximum absolute atomic E-state index is 5.74. The molecule has 0 saturated heterocycles. The monoisotopic (exact) mass is 268 g/mol. The summed E-state index contributed by atoms with van der Waals surface area (Å²) in [6.45, 7) is 18.5. The molecule has 0 radical (unpaired) electrons. The zero-order valence-corrected chi connectivity index (χ0v) is 14.3. The number of nitrogens with two attached hydrogens (primary N) is 1. The molecule has 1 atom stereocenters. The summed E-state index contributed by atoms with van der Waals surface area (Å²) in [5, 5.41) is 3.75. The molecule has 1 saturated carbocycles. The lowest BCUT2D eigenvalue weighted by Crippen LogP contribution is -2.27. The first-order valence-electron chi connectivity index (χ1n) is 7.98. The van der Waals surface area contributed by atoms with Crippen molar-refractivity contribution in [1.82, 2.24) is 5.32 Å². The van der Waals surface area contributed by atoms with Gasteiger partial charge in [-0.05, 0) is 54.5 Å². The molecule has 1 unspecified atom stereocenters. The van der Waals surface area contributed by atoms with E-state index in [0.29, 0.717) is 22.3 Å². The van der Waals surface area contributed by atoms with Gasteiger partial charge in [0.25, 0.3) is 0 Å². The van der Waals surface area contributed by atoms with Crippen molar-refractivity contribution in [2.75, 3.05) is 13.1 Å². The van der Waals surface area contributed by atoms with Gasteiger partial charge in [0, 0.05) is 6.04 Å². The first kappa shape index (κ1) is 17.0. The summed E-state index contributed by atoms with van der Waals surface area (Å²) in [7, 11) is 0. The van der Waals surface area contributed by atoms with Crippen LogP contribution in [0.2, 0.25) is 0 Å². The third kappa shape index (κ3) is 3.72. The van der Waals surface area contributed by atoms with E-state index in [-0.39, 0.29) is 0 Å². The van der Waals surface area contributed by atoms with Crippen molar-refractivity contribution in [1.29, 1.82) is 0 Å². The minimum absolute atomic E-state index is 0.386. The van der Waals surface area contributed by atoms with Gasteiger partial charge in [0.05, 0.1) is 0 Å². The zero-order chi connectivity index (χ0) is 14.9. The summed E-state index contributed by atoms with van der Waals surface area (Å²) in [5.74, 6) is 0.750. The first-order valence-corrected chi connectivity index (χ1v) is 7.98. The predicted molar refractivity (Wildman–Crippen MR) is 85.2 cm³/mol. The van der Waals surface area contributed by atoms with Gasteiger partial charge in [-0.25, -0.2) is 0 Å². The Kier molecular flexibility index (Phi) is 5.12. The fraction of sp³-hybridized carbons (Fsp3) is 1.00. The molecule has 0 aromatic carbocycles. The molecule has 0 heterocycles. The maximum Gasteiger partial charge on any atom is 0.0181 e. The lowest BCUT2D eigenvalue weighted by Gasteiger charge is -2.30. The van der Waals surface area contributed by atoms with Crippen LogP contribution in [0.25, 0.3) is 0 Å². The van der Waals surface area contributed by atoms with E-state index in [1.54, 1.807) is 0 Å². The molecule has 0 spiro atoms. The highest BCUT2D eigenvalue weighted by molar-refractivity contribution is 5.17. The first-order chi connectivity index (χ1) is 8.55. The number of nitrogens with one attached hydrogen (secondary N) is 1. The Morgan fingerprint density at radius 2 is 1.58 bits per heavy atom. The lowest BCUT2D eigenvalue weighted by atomic mass is 9.76. The Bertz CT molecular complexity index is 272. The highest BCUT2D eigenvalue weighted by Gasteiger charge is 2.64. The number of hydrogen-bond donors (Lipinski definition) is 2. The highest BCUT2D eigenvalue weighted by atomic mass is 15.0. The Labute approximate surface area is 120 Å². The largest absolute Gasteiger partial charge is 0.330 e. The Morgan fingerprint density at radius 3 is 1.95 bits per heavy atom. The fourth-order valence-electron chi connectivity index (χ4n) is 3.51. The van der Waals surface area contributed by atoms with Crippen molar-refractivity contribution in [3.05, 3.63) is 0 Å². The summed E-state index contributed by atoms with van der Waals surface area (Å²) >= 11 is 0. The second-order valence-corrected chi connectivity index (χ2v) is 8.61. The third-order valence-corrected chi connectivity index (χ3v) is 5.84. The molecule has 1 fully saturated rings. The van der Waals surface area contributed by atoms with Crippen molar-refractivity contribution in [3.8, 4) is 0 Å². The van der Waals surface area contributed by atoms with E-state index in [0.717, 1.165) is 25.4 Å². The molecule has 0 amide bonds. The molecule has 2 heteroatoms. The van der Waals surface area contributed by atoms with Gasteiger partial charge in [-0.2, -0.15) is 0 Å². The van der Waals surface area contributed by atoms with E-state index in [9.17, 15) is 0 Å². The van der Waals surface area contributed by atoms with Crippen LogP contribution in [0.4, 0.5) is 0 Å². The van der Waals surface area contributed by atoms with Crippen LogP contribution in [0.1, 0.15) is 67.7 Å². The van der Waals surface area contributed by atoms with Crippen molar-refractivity contribution in [3.63, 3.8) is 0 Å². The molecular weight excluding hydrogens is 232 g/mol. The summed E-state index contributed by atoms with van der Waals surface area (Å²) in [5.41, 5.74) is 7.03. The summed E-state index contributed by atoms with van der Waals surface area (Å²) in [6.07, 6.45) is 3.72. The minimum atomic E-state index is 0.386. The maximum atomic E-state index is 5.74. The van der Waals surface area contributed by atoms with Crippen LogP contribution in [-0.2, 0) is 0 Å². The van der Waals surface area contributed by atoms with Gasteiger partial charge in [-0.15, -0.1) is 0 Å². The predicted octanol–water partition coefficient (Wildman–Crippen LogP) is 3.80.